The van der Waals surface area contributed by atoms with Crippen LogP contribution in [0.3, 0.4) is 0 Å². The molecule has 0 bridgehead atoms. The Kier molecular flexibility index (Phi) is 4.19. The highest BCUT2D eigenvalue weighted by molar-refractivity contribution is 5.92. The van der Waals surface area contributed by atoms with Crippen molar-refractivity contribution in [3.63, 3.8) is 0 Å². The quantitative estimate of drug-likeness (QED) is 0.721. The lowest BCUT2D eigenvalue weighted by atomic mass is 9.95. The molecule has 1 aromatic heterocycles. The summed E-state index contributed by atoms with van der Waals surface area (Å²) in [6.07, 6.45) is 4.23. The minimum Gasteiger partial charge on any atom is -0.481 e. The zero-order chi connectivity index (χ0) is 13.8. The number of carboxylic acids is 1. The number of hydrogen-bond acceptors (Lipinski definition) is 3. The van der Waals surface area contributed by atoms with Gasteiger partial charge in [-0.1, -0.05) is 19.3 Å². The first-order valence-corrected chi connectivity index (χ1v) is 6.63. The summed E-state index contributed by atoms with van der Waals surface area (Å²) in [6, 6.07) is 1.35. The molecule has 1 aliphatic rings. The van der Waals surface area contributed by atoms with E-state index in [-0.39, 0.29) is 11.9 Å². The number of carbonyl (C=O) groups is 2. The van der Waals surface area contributed by atoms with Gasteiger partial charge in [-0.3, -0.25) is 14.7 Å². The summed E-state index contributed by atoms with van der Waals surface area (Å²) in [7, 11) is 0. The van der Waals surface area contributed by atoms with Crippen LogP contribution in [0.4, 0.5) is 0 Å². The van der Waals surface area contributed by atoms with Crippen LogP contribution in [0.2, 0.25) is 0 Å². The number of aryl methyl sites for hydroxylation is 1. The summed E-state index contributed by atoms with van der Waals surface area (Å²) in [5.74, 6) is -1.63. The molecular formula is C13H19N3O3. The number of aromatic amines is 1. The van der Waals surface area contributed by atoms with Crippen molar-refractivity contribution in [1.29, 1.82) is 0 Å². The molecule has 1 heterocycles. The summed E-state index contributed by atoms with van der Waals surface area (Å²) < 4.78 is 0. The molecule has 6 heteroatoms. The Morgan fingerprint density at radius 3 is 2.74 bits per heavy atom. The minimum atomic E-state index is -0.828. The number of hydrogen-bond donors (Lipinski definition) is 3. The molecule has 1 amide bonds. The van der Waals surface area contributed by atoms with Gasteiger partial charge in [0.25, 0.3) is 5.91 Å². The Bertz CT molecular complexity index is 469. The Morgan fingerprint density at radius 2 is 2.11 bits per heavy atom. The van der Waals surface area contributed by atoms with E-state index in [1.54, 1.807) is 6.07 Å². The van der Waals surface area contributed by atoms with Crippen LogP contribution in [0, 0.1) is 12.8 Å². The standard InChI is InChI=1S/C13H19N3O3/c1-8-7-11(16-15-8)12(17)14-10-6-4-2-3-5-9(10)13(18)19/h7,9-10H,2-6H2,1H3,(H,14,17)(H,15,16)(H,18,19)/t9-,10+/m1/s1. The molecule has 1 saturated carbocycles. The summed E-state index contributed by atoms with van der Waals surface area (Å²) in [6.45, 7) is 1.81. The number of amides is 1. The molecular weight excluding hydrogens is 246 g/mol. The number of carbonyl (C=O) groups excluding carboxylic acids is 1. The summed E-state index contributed by atoms with van der Waals surface area (Å²) in [5, 5.41) is 18.7. The van der Waals surface area contributed by atoms with Crippen LogP contribution in [0.25, 0.3) is 0 Å². The van der Waals surface area contributed by atoms with E-state index in [0.717, 1.165) is 25.0 Å². The van der Waals surface area contributed by atoms with Crippen LogP contribution in [0.15, 0.2) is 6.07 Å². The predicted octanol–water partition coefficient (Wildman–Crippen LogP) is 1.48. The van der Waals surface area contributed by atoms with Crippen LogP contribution in [0.5, 0.6) is 0 Å². The average Bonchev–Trinajstić information content (AvgIpc) is 2.65. The van der Waals surface area contributed by atoms with Crippen LogP contribution in [-0.4, -0.2) is 33.2 Å². The maximum atomic E-state index is 12.0. The first-order chi connectivity index (χ1) is 9.08. The van der Waals surface area contributed by atoms with Crippen LogP contribution in [0.1, 0.15) is 48.3 Å². The van der Waals surface area contributed by atoms with Gasteiger partial charge in [-0.05, 0) is 25.8 Å². The van der Waals surface area contributed by atoms with Gasteiger partial charge >= 0.3 is 5.97 Å². The molecule has 0 unspecified atom stereocenters. The molecule has 0 aromatic carbocycles. The van der Waals surface area contributed by atoms with Crippen molar-refractivity contribution in [2.24, 2.45) is 5.92 Å². The van der Waals surface area contributed by atoms with Crippen molar-refractivity contribution in [2.75, 3.05) is 0 Å². The Morgan fingerprint density at radius 1 is 1.37 bits per heavy atom. The van der Waals surface area contributed by atoms with E-state index in [0.29, 0.717) is 18.5 Å². The maximum absolute atomic E-state index is 12.0. The highest BCUT2D eigenvalue weighted by Crippen LogP contribution is 2.24. The minimum absolute atomic E-state index is 0.301. The highest BCUT2D eigenvalue weighted by Gasteiger charge is 2.31. The lowest BCUT2D eigenvalue weighted by molar-refractivity contribution is -0.142. The van der Waals surface area contributed by atoms with E-state index in [4.69, 9.17) is 0 Å². The van der Waals surface area contributed by atoms with Crippen molar-refractivity contribution in [3.8, 4) is 0 Å². The van der Waals surface area contributed by atoms with Crippen molar-refractivity contribution in [2.45, 2.75) is 45.1 Å². The fourth-order valence-electron chi connectivity index (χ4n) is 2.55. The molecule has 0 aliphatic heterocycles. The SMILES string of the molecule is Cc1cc(C(=O)N[C@H]2CCCCC[C@H]2C(=O)O)n[nH]1. The molecule has 104 valence electrons. The number of aromatic nitrogens is 2. The number of carboxylic acid groups (broad SMARTS) is 1. The molecule has 0 radical (unpaired) electrons. The van der Waals surface area contributed by atoms with E-state index in [1.165, 1.54) is 0 Å². The summed E-state index contributed by atoms with van der Waals surface area (Å²) in [4.78, 5) is 23.3. The van der Waals surface area contributed by atoms with Crippen LogP contribution in [-0.2, 0) is 4.79 Å². The van der Waals surface area contributed by atoms with Gasteiger partial charge in [0.2, 0.25) is 0 Å². The number of nitrogens with zero attached hydrogens (tertiary/aromatic N) is 1. The van der Waals surface area contributed by atoms with Crippen molar-refractivity contribution in [1.82, 2.24) is 15.5 Å². The lowest BCUT2D eigenvalue weighted by Crippen LogP contribution is -2.43. The van der Waals surface area contributed by atoms with Gasteiger partial charge in [-0.2, -0.15) is 5.10 Å². The van der Waals surface area contributed by atoms with Gasteiger partial charge in [-0.25, -0.2) is 0 Å². The molecule has 1 aliphatic carbocycles. The number of rotatable bonds is 3. The zero-order valence-electron chi connectivity index (χ0n) is 11.0. The second kappa shape index (κ2) is 5.86. The number of nitrogens with one attached hydrogen (secondary N) is 2. The zero-order valence-corrected chi connectivity index (χ0v) is 11.0. The summed E-state index contributed by atoms with van der Waals surface area (Å²) in [5.41, 5.74) is 1.12. The normalized spacial score (nSPS) is 23.6. The maximum Gasteiger partial charge on any atom is 0.308 e. The van der Waals surface area contributed by atoms with E-state index >= 15 is 0 Å². The Balaban J connectivity index is 2.06. The third-order valence-corrected chi connectivity index (χ3v) is 3.59. The van der Waals surface area contributed by atoms with Crippen molar-refractivity contribution < 1.29 is 14.7 Å². The van der Waals surface area contributed by atoms with Gasteiger partial charge in [0, 0.05) is 11.7 Å². The number of H-pyrrole nitrogens is 1. The first kappa shape index (κ1) is 13.6. The van der Waals surface area contributed by atoms with Crippen molar-refractivity contribution in [3.05, 3.63) is 17.5 Å². The Hall–Kier alpha value is -1.85. The Labute approximate surface area is 111 Å². The molecule has 2 rings (SSSR count). The second-order valence-electron chi connectivity index (χ2n) is 5.10. The van der Waals surface area contributed by atoms with Gasteiger partial charge in [-0.15, -0.1) is 0 Å². The van der Waals surface area contributed by atoms with Crippen molar-refractivity contribution >= 4 is 11.9 Å². The van der Waals surface area contributed by atoms with Crippen LogP contribution >= 0.6 is 0 Å². The summed E-state index contributed by atoms with van der Waals surface area (Å²) >= 11 is 0. The van der Waals surface area contributed by atoms with E-state index < -0.39 is 11.9 Å². The molecule has 1 aromatic rings. The second-order valence-corrected chi connectivity index (χ2v) is 5.10. The number of aliphatic carboxylic acids is 1. The fourth-order valence-corrected chi connectivity index (χ4v) is 2.55. The molecule has 2 atom stereocenters. The van der Waals surface area contributed by atoms with E-state index in [1.807, 2.05) is 6.92 Å². The third-order valence-electron chi connectivity index (χ3n) is 3.59. The molecule has 0 saturated heterocycles. The molecule has 6 nitrogen and oxygen atoms in total. The average molecular weight is 265 g/mol. The van der Waals surface area contributed by atoms with Gasteiger partial charge in [0.15, 0.2) is 0 Å². The van der Waals surface area contributed by atoms with Gasteiger partial charge in [0.05, 0.1) is 5.92 Å². The van der Waals surface area contributed by atoms with E-state index in [2.05, 4.69) is 15.5 Å². The largest absolute Gasteiger partial charge is 0.481 e. The monoisotopic (exact) mass is 265 g/mol. The lowest BCUT2D eigenvalue weighted by Gasteiger charge is -2.22. The predicted molar refractivity (Wildman–Crippen MR) is 68.8 cm³/mol. The molecule has 3 N–H and O–H groups in total. The van der Waals surface area contributed by atoms with Crippen LogP contribution < -0.4 is 5.32 Å². The topological polar surface area (TPSA) is 95.1 Å². The molecule has 1 fully saturated rings. The molecule has 19 heavy (non-hydrogen) atoms. The van der Waals surface area contributed by atoms with Gasteiger partial charge in [0.1, 0.15) is 5.69 Å². The van der Waals surface area contributed by atoms with Gasteiger partial charge < -0.3 is 10.4 Å². The fraction of sp³-hybridized carbons (Fsp3) is 0.615. The first-order valence-electron chi connectivity index (χ1n) is 6.63. The smallest absolute Gasteiger partial charge is 0.308 e. The molecule has 0 spiro atoms. The highest BCUT2D eigenvalue weighted by atomic mass is 16.4. The van der Waals surface area contributed by atoms with E-state index in [9.17, 15) is 14.7 Å². The third kappa shape index (κ3) is 3.33.